The highest BCUT2D eigenvalue weighted by molar-refractivity contribution is 7.93. The summed E-state index contributed by atoms with van der Waals surface area (Å²) in [7, 11) is -3.66. The zero-order valence-corrected chi connectivity index (χ0v) is 11.8. The van der Waals surface area contributed by atoms with E-state index in [2.05, 4.69) is 0 Å². The van der Waals surface area contributed by atoms with Crippen LogP contribution in [0.1, 0.15) is 18.9 Å². The van der Waals surface area contributed by atoms with Crippen molar-refractivity contribution in [1.82, 2.24) is 0 Å². The topological polar surface area (TPSA) is 46.6 Å². The maximum absolute atomic E-state index is 13.7. The fourth-order valence-electron chi connectivity index (χ4n) is 2.92. The number of rotatable bonds is 2. The Labute approximate surface area is 116 Å². The molecule has 2 heterocycles. The van der Waals surface area contributed by atoms with Crippen molar-refractivity contribution in [2.45, 2.75) is 31.1 Å². The minimum Gasteiger partial charge on any atom is -0.377 e. The Morgan fingerprint density at radius 3 is 2.75 bits per heavy atom. The van der Waals surface area contributed by atoms with Crippen LogP contribution < -0.4 is 4.31 Å². The van der Waals surface area contributed by atoms with Gasteiger partial charge in [-0.25, -0.2) is 17.2 Å². The van der Waals surface area contributed by atoms with Crippen LogP contribution in [0, 0.1) is 11.6 Å². The standard InChI is InChI=1S/C13H15F2NO3S/c1-8-13(3-5-19-8)20(17,18)16-4-2-10-11(15)6-9(14)7-12(10)16/h6-8,13H,2-5H2,1H3/t8-,13+/m1/s1. The van der Waals surface area contributed by atoms with Gasteiger partial charge in [0.2, 0.25) is 10.0 Å². The Hall–Kier alpha value is -1.21. The van der Waals surface area contributed by atoms with E-state index in [9.17, 15) is 17.2 Å². The lowest BCUT2D eigenvalue weighted by atomic mass is 10.1. The van der Waals surface area contributed by atoms with E-state index in [1.165, 1.54) is 0 Å². The molecular formula is C13H15F2NO3S. The van der Waals surface area contributed by atoms with Gasteiger partial charge in [0.05, 0.1) is 11.8 Å². The third-order valence-electron chi connectivity index (χ3n) is 3.97. The fourth-order valence-corrected chi connectivity index (χ4v) is 4.99. The van der Waals surface area contributed by atoms with E-state index in [1.54, 1.807) is 6.92 Å². The molecule has 2 aliphatic rings. The van der Waals surface area contributed by atoms with Crippen LogP contribution in [0.4, 0.5) is 14.5 Å². The number of hydrogen-bond acceptors (Lipinski definition) is 3. The van der Waals surface area contributed by atoms with Gasteiger partial charge in [0.25, 0.3) is 0 Å². The zero-order valence-electron chi connectivity index (χ0n) is 11.0. The van der Waals surface area contributed by atoms with E-state index < -0.39 is 33.0 Å². The second-order valence-corrected chi connectivity index (χ2v) is 7.23. The van der Waals surface area contributed by atoms with Crippen LogP contribution >= 0.6 is 0 Å². The number of halogens is 2. The van der Waals surface area contributed by atoms with Gasteiger partial charge in [0, 0.05) is 24.8 Å². The van der Waals surface area contributed by atoms with Crippen molar-refractivity contribution in [2.24, 2.45) is 0 Å². The van der Waals surface area contributed by atoms with Crippen molar-refractivity contribution >= 4 is 15.7 Å². The first kappa shape index (κ1) is 13.8. The number of sulfonamides is 1. The summed E-state index contributed by atoms with van der Waals surface area (Å²) in [6, 6.07) is 1.87. The largest absolute Gasteiger partial charge is 0.377 e. The average Bonchev–Trinajstić information content (AvgIpc) is 2.95. The summed E-state index contributed by atoms with van der Waals surface area (Å²) in [5.41, 5.74) is 0.392. The quantitative estimate of drug-likeness (QED) is 0.837. The summed E-state index contributed by atoms with van der Waals surface area (Å²) in [6.07, 6.45) is 0.276. The van der Waals surface area contributed by atoms with Crippen LogP contribution in [0.15, 0.2) is 12.1 Å². The van der Waals surface area contributed by atoms with Gasteiger partial charge in [-0.15, -0.1) is 0 Å². The molecule has 0 aliphatic carbocycles. The molecule has 0 N–H and O–H groups in total. The molecule has 0 radical (unpaired) electrons. The van der Waals surface area contributed by atoms with Gasteiger partial charge < -0.3 is 4.74 Å². The van der Waals surface area contributed by atoms with E-state index in [1.807, 2.05) is 0 Å². The van der Waals surface area contributed by atoms with Gasteiger partial charge in [-0.3, -0.25) is 4.31 Å². The minimum atomic E-state index is -3.66. The highest BCUT2D eigenvalue weighted by atomic mass is 32.2. The second-order valence-electron chi connectivity index (χ2n) is 5.16. The molecule has 0 amide bonds. The first-order valence-corrected chi connectivity index (χ1v) is 8.02. The van der Waals surface area contributed by atoms with Crippen LogP contribution in [0.25, 0.3) is 0 Å². The lowest BCUT2D eigenvalue weighted by molar-refractivity contribution is 0.126. The molecular weight excluding hydrogens is 288 g/mol. The molecule has 1 aromatic rings. The molecule has 0 spiro atoms. The summed E-state index contributed by atoms with van der Waals surface area (Å²) in [5, 5.41) is -0.653. The number of benzene rings is 1. The molecule has 1 saturated heterocycles. The van der Waals surface area contributed by atoms with Crippen LogP contribution in [0.5, 0.6) is 0 Å². The van der Waals surface area contributed by atoms with Crippen molar-refractivity contribution < 1.29 is 21.9 Å². The summed E-state index contributed by atoms with van der Waals surface area (Å²) >= 11 is 0. The molecule has 0 saturated carbocycles. The number of nitrogens with zero attached hydrogens (tertiary/aromatic N) is 1. The average molecular weight is 303 g/mol. The maximum Gasteiger partial charge on any atom is 0.240 e. The predicted molar refractivity (Wildman–Crippen MR) is 70.1 cm³/mol. The van der Waals surface area contributed by atoms with E-state index in [4.69, 9.17) is 4.74 Å². The highest BCUT2D eigenvalue weighted by Crippen LogP contribution is 2.36. The van der Waals surface area contributed by atoms with Gasteiger partial charge in [-0.05, 0) is 25.8 Å². The third kappa shape index (κ3) is 2.00. The molecule has 1 fully saturated rings. The Morgan fingerprint density at radius 2 is 2.10 bits per heavy atom. The van der Waals surface area contributed by atoms with Crippen molar-refractivity contribution in [3.63, 3.8) is 0 Å². The Bertz CT molecular complexity index is 647. The van der Waals surface area contributed by atoms with Gasteiger partial charge in [0.1, 0.15) is 16.9 Å². The molecule has 20 heavy (non-hydrogen) atoms. The second kappa shape index (κ2) is 4.66. The fraction of sp³-hybridized carbons (Fsp3) is 0.538. The molecule has 0 unspecified atom stereocenters. The van der Waals surface area contributed by atoms with Crippen molar-refractivity contribution in [3.05, 3.63) is 29.3 Å². The molecule has 0 aromatic heterocycles. The number of anilines is 1. The van der Waals surface area contributed by atoms with E-state index in [0.29, 0.717) is 13.0 Å². The van der Waals surface area contributed by atoms with Crippen molar-refractivity contribution in [1.29, 1.82) is 0 Å². The molecule has 7 heteroatoms. The Balaban J connectivity index is 2.02. The predicted octanol–water partition coefficient (Wildman–Crippen LogP) is 1.83. The summed E-state index contributed by atoms with van der Waals surface area (Å²) < 4.78 is 58.7. The Kier molecular flexibility index (Phi) is 3.21. The third-order valence-corrected chi connectivity index (χ3v) is 6.34. The van der Waals surface area contributed by atoms with Crippen molar-refractivity contribution in [3.8, 4) is 0 Å². The minimum absolute atomic E-state index is 0.126. The lowest BCUT2D eigenvalue weighted by Crippen LogP contribution is -2.41. The van der Waals surface area contributed by atoms with E-state index >= 15 is 0 Å². The van der Waals surface area contributed by atoms with Crippen LogP contribution in [-0.2, 0) is 21.2 Å². The van der Waals surface area contributed by atoms with Gasteiger partial charge in [-0.1, -0.05) is 0 Å². The number of ether oxygens (including phenoxy) is 1. The summed E-state index contributed by atoms with van der Waals surface area (Å²) in [4.78, 5) is 0. The van der Waals surface area contributed by atoms with Gasteiger partial charge >= 0.3 is 0 Å². The molecule has 110 valence electrons. The van der Waals surface area contributed by atoms with Crippen LogP contribution in [0.2, 0.25) is 0 Å². The summed E-state index contributed by atoms with van der Waals surface area (Å²) in [5.74, 6) is -1.45. The monoisotopic (exact) mass is 303 g/mol. The molecule has 3 rings (SSSR count). The smallest absolute Gasteiger partial charge is 0.240 e. The maximum atomic E-state index is 13.7. The first-order valence-electron chi connectivity index (χ1n) is 6.52. The van der Waals surface area contributed by atoms with Crippen LogP contribution in [0.3, 0.4) is 0 Å². The molecule has 4 nitrogen and oxygen atoms in total. The lowest BCUT2D eigenvalue weighted by Gasteiger charge is -2.25. The number of hydrogen-bond donors (Lipinski definition) is 0. The van der Waals surface area contributed by atoms with Gasteiger partial charge in [0.15, 0.2) is 0 Å². The van der Waals surface area contributed by atoms with E-state index in [-0.39, 0.29) is 24.2 Å². The van der Waals surface area contributed by atoms with Crippen LogP contribution in [-0.4, -0.2) is 32.9 Å². The highest BCUT2D eigenvalue weighted by Gasteiger charge is 2.42. The molecule has 0 bridgehead atoms. The van der Waals surface area contributed by atoms with E-state index in [0.717, 1.165) is 16.4 Å². The normalized spacial score (nSPS) is 26.1. The first-order chi connectivity index (χ1) is 9.41. The SMILES string of the molecule is C[C@H]1OCC[C@@H]1S(=O)(=O)N1CCc2c(F)cc(F)cc21. The van der Waals surface area contributed by atoms with Crippen molar-refractivity contribution in [2.75, 3.05) is 17.5 Å². The molecule has 2 atom stereocenters. The van der Waals surface area contributed by atoms with Gasteiger partial charge in [-0.2, -0.15) is 0 Å². The Morgan fingerprint density at radius 1 is 1.35 bits per heavy atom. The summed E-state index contributed by atoms with van der Waals surface area (Å²) in [6.45, 7) is 2.25. The molecule has 2 aliphatic heterocycles. The zero-order chi connectivity index (χ0) is 14.5. The molecule has 1 aromatic carbocycles. The number of fused-ring (bicyclic) bond motifs is 1.